The molecule has 0 aromatic rings. The van der Waals surface area contributed by atoms with E-state index in [2.05, 4.69) is 12.4 Å². The molecule has 0 aliphatic carbocycles. The van der Waals surface area contributed by atoms with E-state index in [1.54, 1.807) is 0 Å². The summed E-state index contributed by atoms with van der Waals surface area (Å²) in [5, 5.41) is 3.46. The van der Waals surface area contributed by atoms with Crippen molar-refractivity contribution in [3.05, 3.63) is 0 Å². The van der Waals surface area contributed by atoms with Gasteiger partial charge in [0.2, 0.25) is 0 Å². The van der Waals surface area contributed by atoms with Gasteiger partial charge in [-0.15, -0.1) is 0 Å². The molecule has 2 rings (SSSR count). The SMILES string of the molecule is CNC(CC1CCCO1)C1CCOCC1. The van der Waals surface area contributed by atoms with Gasteiger partial charge in [-0.3, -0.25) is 0 Å². The van der Waals surface area contributed by atoms with Crippen LogP contribution < -0.4 is 5.32 Å². The van der Waals surface area contributed by atoms with Gasteiger partial charge in [-0.2, -0.15) is 0 Å². The van der Waals surface area contributed by atoms with Crippen LogP contribution in [0, 0.1) is 5.92 Å². The van der Waals surface area contributed by atoms with Crippen molar-refractivity contribution in [1.82, 2.24) is 5.32 Å². The zero-order chi connectivity index (χ0) is 10.5. The smallest absolute Gasteiger partial charge is 0.0590 e. The monoisotopic (exact) mass is 213 g/mol. The van der Waals surface area contributed by atoms with E-state index in [1.807, 2.05) is 0 Å². The normalized spacial score (nSPS) is 30.6. The van der Waals surface area contributed by atoms with Crippen LogP contribution in [-0.4, -0.2) is 39.0 Å². The van der Waals surface area contributed by atoms with Crippen molar-refractivity contribution in [2.75, 3.05) is 26.9 Å². The summed E-state index contributed by atoms with van der Waals surface area (Å²) in [5.41, 5.74) is 0. The summed E-state index contributed by atoms with van der Waals surface area (Å²) in [7, 11) is 2.08. The highest BCUT2D eigenvalue weighted by atomic mass is 16.5. The van der Waals surface area contributed by atoms with E-state index in [9.17, 15) is 0 Å². The second-order valence-electron chi connectivity index (χ2n) is 4.72. The molecule has 3 nitrogen and oxygen atoms in total. The predicted octanol–water partition coefficient (Wildman–Crippen LogP) is 1.57. The van der Waals surface area contributed by atoms with E-state index in [-0.39, 0.29) is 0 Å². The molecule has 0 spiro atoms. The average molecular weight is 213 g/mol. The van der Waals surface area contributed by atoms with Crippen LogP contribution in [0.15, 0.2) is 0 Å². The van der Waals surface area contributed by atoms with Crippen molar-refractivity contribution >= 4 is 0 Å². The number of hydrogen-bond donors (Lipinski definition) is 1. The third-order valence-corrected chi connectivity index (χ3v) is 3.75. The van der Waals surface area contributed by atoms with Gasteiger partial charge in [0.25, 0.3) is 0 Å². The van der Waals surface area contributed by atoms with Gasteiger partial charge >= 0.3 is 0 Å². The van der Waals surface area contributed by atoms with E-state index in [0.29, 0.717) is 12.1 Å². The number of hydrogen-bond acceptors (Lipinski definition) is 3. The standard InChI is InChI=1S/C12H23NO2/c1-13-12(9-11-3-2-6-15-11)10-4-7-14-8-5-10/h10-13H,2-9H2,1H3. The molecule has 0 aromatic heterocycles. The van der Waals surface area contributed by atoms with Crippen molar-refractivity contribution in [3.63, 3.8) is 0 Å². The molecule has 15 heavy (non-hydrogen) atoms. The zero-order valence-corrected chi connectivity index (χ0v) is 9.71. The average Bonchev–Trinajstić information content (AvgIpc) is 2.80. The minimum atomic E-state index is 0.505. The van der Waals surface area contributed by atoms with E-state index < -0.39 is 0 Å². The number of nitrogens with one attached hydrogen (secondary N) is 1. The second kappa shape index (κ2) is 5.83. The van der Waals surface area contributed by atoms with Crippen LogP contribution in [0.4, 0.5) is 0 Å². The summed E-state index contributed by atoms with van der Waals surface area (Å²) < 4.78 is 11.1. The first-order valence-corrected chi connectivity index (χ1v) is 6.26. The first kappa shape index (κ1) is 11.4. The molecule has 1 N–H and O–H groups in total. The Morgan fingerprint density at radius 2 is 2.00 bits per heavy atom. The van der Waals surface area contributed by atoms with E-state index in [0.717, 1.165) is 25.7 Å². The first-order valence-electron chi connectivity index (χ1n) is 6.26. The summed E-state index contributed by atoms with van der Waals surface area (Å²) >= 11 is 0. The van der Waals surface area contributed by atoms with Crippen LogP contribution in [0.25, 0.3) is 0 Å². The van der Waals surface area contributed by atoms with Crippen LogP contribution in [0.5, 0.6) is 0 Å². The van der Waals surface area contributed by atoms with Crippen molar-refractivity contribution < 1.29 is 9.47 Å². The molecular formula is C12H23NO2. The highest BCUT2D eigenvalue weighted by Crippen LogP contribution is 2.25. The maximum absolute atomic E-state index is 5.70. The van der Waals surface area contributed by atoms with E-state index in [4.69, 9.17) is 9.47 Å². The Bertz CT molecular complexity index is 174. The minimum absolute atomic E-state index is 0.505. The van der Waals surface area contributed by atoms with Gasteiger partial charge in [-0.25, -0.2) is 0 Å². The molecular weight excluding hydrogens is 190 g/mol. The van der Waals surface area contributed by atoms with Gasteiger partial charge in [0, 0.05) is 25.9 Å². The second-order valence-corrected chi connectivity index (χ2v) is 4.72. The third kappa shape index (κ3) is 3.16. The number of ether oxygens (including phenoxy) is 2. The largest absolute Gasteiger partial charge is 0.381 e. The third-order valence-electron chi connectivity index (χ3n) is 3.75. The zero-order valence-electron chi connectivity index (χ0n) is 9.71. The van der Waals surface area contributed by atoms with Gasteiger partial charge in [-0.1, -0.05) is 0 Å². The molecule has 2 atom stereocenters. The summed E-state index contributed by atoms with van der Waals surface area (Å²) in [6.45, 7) is 2.84. The summed E-state index contributed by atoms with van der Waals surface area (Å²) in [6, 6.07) is 0.622. The lowest BCUT2D eigenvalue weighted by Gasteiger charge is -2.31. The fourth-order valence-electron chi connectivity index (χ4n) is 2.78. The van der Waals surface area contributed by atoms with Gasteiger partial charge in [-0.05, 0) is 45.1 Å². The van der Waals surface area contributed by atoms with Crippen LogP contribution in [0.3, 0.4) is 0 Å². The lowest BCUT2D eigenvalue weighted by Crippen LogP contribution is -2.39. The topological polar surface area (TPSA) is 30.5 Å². The van der Waals surface area contributed by atoms with Crippen molar-refractivity contribution in [2.45, 2.75) is 44.2 Å². The summed E-state index contributed by atoms with van der Waals surface area (Å²) in [6.07, 6.45) is 6.60. The molecule has 2 fully saturated rings. The molecule has 2 aliphatic heterocycles. The van der Waals surface area contributed by atoms with E-state index >= 15 is 0 Å². The van der Waals surface area contributed by atoms with Crippen LogP contribution in [0.2, 0.25) is 0 Å². The fraction of sp³-hybridized carbons (Fsp3) is 1.00. The minimum Gasteiger partial charge on any atom is -0.381 e. The molecule has 2 aliphatic rings. The molecule has 0 aromatic carbocycles. The van der Waals surface area contributed by atoms with Crippen molar-refractivity contribution in [1.29, 1.82) is 0 Å². The molecule has 3 heteroatoms. The molecule has 0 radical (unpaired) electrons. The molecule has 88 valence electrons. The highest BCUT2D eigenvalue weighted by Gasteiger charge is 2.27. The maximum atomic E-state index is 5.70. The molecule has 2 unspecified atom stereocenters. The van der Waals surface area contributed by atoms with E-state index in [1.165, 1.54) is 32.1 Å². The molecule has 2 heterocycles. The number of rotatable bonds is 4. The molecule has 0 saturated carbocycles. The van der Waals surface area contributed by atoms with Crippen LogP contribution >= 0.6 is 0 Å². The predicted molar refractivity (Wildman–Crippen MR) is 60.0 cm³/mol. The van der Waals surface area contributed by atoms with Gasteiger partial charge < -0.3 is 14.8 Å². The van der Waals surface area contributed by atoms with Gasteiger partial charge in [0.1, 0.15) is 0 Å². The van der Waals surface area contributed by atoms with Crippen LogP contribution in [-0.2, 0) is 9.47 Å². The Labute approximate surface area is 92.5 Å². The Kier molecular flexibility index (Phi) is 4.42. The summed E-state index contributed by atoms with van der Waals surface area (Å²) in [5.74, 6) is 0.785. The Morgan fingerprint density at radius 3 is 2.60 bits per heavy atom. The maximum Gasteiger partial charge on any atom is 0.0590 e. The summed E-state index contributed by atoms with van der Waals surface area (Å²) in [4.78, 5) is 0. The van der Waals surface area contributed by atoms with Gasteiger partial charge in [0.05, 0.1) is 6.10 Å². The van der Waals surface area contributed by atoms with Gasteiger partial charge in [0.15, 0.2) is 0 Å². The Hall–Kier alpha value is -0.120. The van der Waals surface area contributed by atoms with Crippen molar-refractivity contribution in [2.24, 2.45) is 5.92 Å². The fourth-order valence-corrected chi connectivity index (χ4v) is 2.78. The quantitative estimate of drug-likeness (QED) is 0.769. The lowest BCUT2D eigenvalue weighted by molar-refractivity contribution is 0.0383. The van der Waals surface area contributed by atoms with Crippen LogP contribution in [0.1, 0.15) is 32.1 Å². The molecule has 2 saturated heterocycles. The molecule has 0 bridgehead atoms. The first-order chi connectivity index (χ1) is 7.40. The Balaban J connectivity index is 1.79. The van der Waals surface area contributed by atoms with Crippen molar-refractivity contribution in [3.8, 4) is 0 Å². The Morgan fingerprint density at radius 1 is 1.20 bits per heavy atom. The lowest BCUT2D eigenvalue weighted by atomic mass is 9.88. The highest BCUT2D eigenvalue weighted by molar-refractivity contribution is 4.81. The molecule has 0 amide bonds.